The zero-order valence-corrected chi connectivity index (χ0v) is 6.73. The van der Waals surface area contributed by atoms with Gasteiger partial charge in [-0.1, -0.05) is 0 Å². The first kappa shape index (κ1) is 8.16. The monoisotopic (exact) mass is 171 g/mol. The number of hydrogen-bond acceptors (Lipinski definition) is 4. The highest BCUT2D eigenvalue weighted by molar-refractivity contribution is 7.07. The van der Waals surface area contributed by atoms with Crippen molar-refractivity contribution in [3.8, 4) is 0 Å². The second kappa shape index (κ2) is 4.05. The highest BCUT2D eigenvalue weighted by atomic mass is 32.1. The third-order valence-electron chi connectivity index (χ3n) is 1.09. The lowest BCUT2D eigenvalue weighted by Crippen LogP contribution is -2.29. The molecule has 1 aromatic heterocycles. The van der Waals surface area contributed by atoms with Crippen molar-refractivity contribution in [3.63, 3.8) is 0 Å². The molecule has 11 heavy (non-hydrogen) atoms. The number of nitrogens with one attached hydrogen (secondary N) is 1. The van der Waals surface area contributed by atoms with E-state index in [9.17, 15) is 4.79 Å². The van der Waals surface area contributed by atoms with E-state index in [-0.39, 0.29) is 5.91 Å². The molecule has 0 aliphatic heterocycles. The Kier molecular flexibility index (Phi) is 3.00. The van der Waals surface area contributed by atoms with E-state index >= 15 is 0 Å². The number of aromatic nitrogens is 1. The molecule has 0 aliphatic carbocycles. The van der Waals surface area contributed by atoms with Crippen molar-refractivity contribution in [2.75, 3.05) is 13.1 Å². The molecule has 5 heteroatoms. The second-order valence-corrected chi connectivity index (χ2v) is 2.64. The quantitative estimate of drug-likeness (QED) is 0.663. The van der Waals surface area contributed by atoms with Gasteiger partial charge in [0.2, 0.25) is 0 Å². The van der Waals surface area contributed by atoms with Crippen molar-refractivity contribution in [1.82, 2.24) is 10.3 Å². The fraction of sp³-hybridized carbons (Fsp3) is 0.333. The number of carbonyl (C=O) groups is 1. The highest BCUT2D eigenvalue weighted by Gasteiger charge is 2.04. The Hall–Kier alpha value is -0.940. The van der Waals surface area contributed by atoms with Crippen LogP contribution in [0.2, 0.25) is 0 Å². The van der Waals surface area contributed by atoms with E-state index in [0.29, 0.717) is 18.8 Å². The van der Waals surface area contributed by atoms with Gasteiger partial charge in [0, 0.05) is 18.5 Å². The van der Waals surface area contributed by atoms with Crippen LogP contribution in [-0.4, -0.2) is 24.0 Å². The largest absolute Gasteiger partial charge is 0.349 e. The van der Waals surface area contributed by atoms with Gasteiger partial charge in [-0.2, -0.15) is 0 Å². The van der Waals surface area contributed by atoms with Crippen LogP contribution in [-0.2, 0) is 0 Å². The standard InChI is InChI=1S/C6H9N3OS/c7-1-2-8-6(10)5-3-11-4-9-5/h3-4H,1-2,7H2,(H,8,10). The fourth-order valence-electron chi connectivity index (χ4n) is 0.601. The van der Waals surface area contributed by atoms with Gasteiger partial charge in [0.1, 0.15) is 5.69 Å². The summed E-state index contributed by atoms with van der Waals surface area (Å²) in [6.45, 7) is 0.951. The van der Waals surface area contributed by atoms with Gasteiger partial charge < -0.3 is 11.1 Å². The predicted molar refractivity (Wildman–Crippen MR) is 43.5 cm³/mol. The lowest BCUT2D eigenvalue weighted by atomic mass is 10.4. The van der Waals surface area contributed by atoms with E-state index in [4.69, 9.17) is 5.73 Å². The van der Waals surface area contributed by atoms with Gasteiger partial charge in [0.25, 0.3) is 5.91 Å². The van der Waals surface area contributed by atoms with E-state index in [2.05, 4.69) is 10.3 Å². The van der Waals surface area contributed by atoms with Crippen LogP contribution in [0.1, 0.15) is 10.5 Å². The van der Waals surface area contributed by atoms with E-state index in [1.807, 2.05) is 0 Å². The molecule has 0 saturated carbocycles. The van der Waals surface area contributed by atoms with E-state index in [0.717, 1.165) is 0 Å². The third kappa shape index (κ3) is 2.28. The fourth-order valence-corrected chi connectivity index (χ4v) is 1.13. The molecule has 1 amide bonds. The minimum Gasteiger partial charge on any atom is -0.349 e. The van der Waals surface area contributed by atoms with Crippen molar-refractivity contribution in [3.05, 3.63) is 16.6 Å². The summed E-state index contributed by atoms with van der Waals surface area (Å²) in [4.78, 5) is 14.9. The molecule has 1 heterocycles. The summed E-state index contributed by atoms with van der Waals surface area (Å²) in [6, 6.07) is 0. The summed E-state index contributed by atoms with van der Waals surface area (Å²) in [6.07, 6.45) is 0. The van der Waals surface area contributed by atoms with Crippen LogP contribution in [0, 0.1) is 0 Å². The first-order valence-corrected chi connectivity index (χ1v) is 4.15. The van der Waals surface area contributed by atoms with Crippen molar-refractivity contribution < 1.29 is 4.79 Å². The Morgan fingerprint density at radius 2 is 2.64 bits per heavy atom. The Bertz CT molecular complexity index is 222. The molecule has 1 aromatic rings. The molecule has 1 rings (SSSR count). The average Bonchev–Trinajstić information content (AvgIpc) is 2.52. The van der Waals surface area contributed by atoms with Crippen LogP contribution in [0.25, 0.3) is 0 Å². The van der Waals surface area contributed by atoms with Gasteiger partial charge in [-0.05, 0) is 0 Å². The predicted octanol–water partition coefficient (Wildman–Crippen LogP) is -0.168. The lowest BCUT2D eigenvalue weighted by molar-refractivity contribution is 0.0950. The van der Waals surface area contributed by atoms with E-state index < -0.39 is 0 Å². The summed E-state index contributed by atoms with van der Waals surface area (Å²) in [5.41, 5.74) is 7.28. The Labute approximate surface area is 68.4 Å². The number of nitrogens with two attached hydrogens (primary N) is 1. The van der Waals surface area contributed by atoms with Gasteiger partial charge in [-0.25, -0.2) is 4.98 Å². The molecule has 0 fully saturated rings. The van der Waals surface area contributed by atoms with Crippen molar-refractivity contribution >= 4 is 17.2 Å². The highest BCUT2D eigenvalue weighted by Crippen LogP contribution is 1.99. The summed E-state index contributed by atoms with van der Waals surface area (Å²) in [5, 5.41) is 4.32. The van der Waals surface area contributed by atoms with Crippen LogP contribution in [0.3, 0.4) is 0 Å². The molecule has 0 aromatic carbocycles. The van der Waals surface area contributed by atoms with Crippen molar-refractivity contribution in [1.29, 1.82) is 0 Å². The number of hydrogen-bond donors (Lipinski definition) is 2. The SMILES string of the molecule is NCCNC(=O)c1cscn1. The Balaban J connectivity index is 2.43. The number of thiazole rings is 1. The maximum absolute atomic E-state index is 11.0. The van der Waals surface area contributed by atoms with Crippen LogP contribution in [0.5, 0.6) is 0 Å². The molecule has 0 aliphatic rings. The molecule has 3 N–H and O–H groups in total. The van der Waals surface area contributed by atoms with Gasteiger partial charge in [0.05, 0.1) is 5.51 Å². The first-order valence-electron chi connectivity index (χ1n) is 3.21. The number of nitrogens with zero attached hydrogens (tertiary/aromatic N) is 1. The number of rotatable bonds is 3. The van der Waals surface area contributed by atoms with Crippen LogP contribution in [0.15, 0.2) is 10.9 Å². The van der Waals surface area contributed by atoms with Crippen LogP contribution in [0.4, 0.5) is 0 Å². The van der Waals surface area contributed by atoms with Gasteiger partial charge >= 0.3 is 0 Å². The zero-order chi connectivity index (χ0) is 8.10. The molecule has 0 bridgehead atoms. The van der Waals surface area contributed by atoms with E-state index in [1.54, 1.807) is 10.9 Å². The molecule has 0 radical (unpaired) electrons. The van der Waals surface area contributed by atoms with Crippen LogP contribution >= 0.6 is 11.3 Å². The Morgan fingerprint density at radius 1 is 1.82 bits per heavy atom. The minimum absolute atomic E-state index is 0.156. The van der Waals surface area contributed by atoms with Crippen molar-refractivity contribution in [2.24, 2.45) is 5.73 Å². The topological polar surface area (TPSA) is 68.0 Å². The van der Waals surface area contributed by atoms with Gasteiger partial charge in [-0.15, -0.1) is 11.3 Å². The maximum Gasteiger partial charge on any atom is 0.270 e. The van der Waals surface area contributed by atoms with Gasteiger partial charge in [-0.3, -0.25) is 4.79 Å². The molecular formula is C6H9N3OS. The smallest absolute Gasteiger partial charge is 0.270 e. The summed E-state index contributed by atoms with van der Waals surface area (Å²) >= 11 is 1.40. The van der Waals surface area contributed by atoms with E-state index in [1.165, 1.54) is 11.3 Å². The van der Waals surface area contributed by atoms with Crippen LogP contribution < -0.4 is 11.1 Å². The first-order chi connectivity index (χ1) is 5.34. The summed E-state index contributed by atoms with van der Waals surface area (Å²) in [5.74, 6) is -0.156. The molecule has 60 valence electrons. The minimum atomic E-state index is -0.156. The summed E-state index contributed by atoms with van der Waals surface area (Å²) in [7, 11) is 0. The molecule has 0 saturated heterocycles. The molecule has 0 atom stereocenters. The second-order valence-electron chi connectivity index (χ2n) is 1.92. The summed E-state index contributed by atoms with van der Waals surface area (Å²) < 4.78 is 0. The van der Waals surface area contributed by atoms with Crippen molar-refractivity contribution in [2.45, 2.75) is 0 Å². The molecule has 0 unspecified atom stereocenters. The normalized spacial score (nSPS) is 9.55. The average molecular weight is 171 g/mol. The van der Waals surface area contributed by atoms with Gasteiger partial charge in [0.15, 0.2) is 0 Å². The Morgan fingerprint density at radius 3 is 3.18 bits per heavy atom. The maximum atomic E-state index is 11.0. The third-order valence-corrected chi connectivity index (χ3v) is 1.68. The lowest BCUT2D eigenvalue weighted by Gasteiger charge is -1.98. The number of carbonyl (C=O) groups excluding carboxylic acids is 1. The number of amides is 1. The molecule has 0 spiro atoms. The molecule has 4 nitrogen and oxygen atoms in total. The molecular weight excluding hydrogens is 162 g/mol. The zero-order valence-electron chi connectivity index (χ0n) is 5.91.